The van der Waals surface area contributed by atoms with E-state index in [0.29, 0.717) is 22.8 Å². The van der Waals surface area contributed by atoms with Gasteiger partial charge in [-0.15, -0.1) is 0 Å². The highest BCUT2D eigenvalue weighted by Gasteiger charge is 2.41. The molecule has 2 aromatic carbocycles. The molecule has 0 aliphatic carbocycles. The number of benzene rings is 2. The fourth-order valence-corrected chi connectivity index (χ4v) is 2.77. The molecule has 7 heteroatoms. The second-order valence-electron chi connectivity index (χ2n) is 5.44. The fraction of sp³-hybridized carbons (Fsp3) is 0.158. The van der Waals surface area contributed by atoms with Gasteiger partial charge in [-0.2, -0.15) is 0 Å². The largest absolute Gasteiger partial charge is 0.502 e. The van der Waals surface area contributed by atoms with Crippen LogP contribution in [0.3, 0.4) is 0 Å². The SMILES string of the molecule is COc1cc(OC)cc(N2C(=O)C(O)=C(c3ccccc3OC)C2=O)c1. The highest BCUT2D eigenvalue weighted by Crippen LogP contribution is 2.38. The standard InChI is InChI=1S/C19H17NO6/c1-24-12-8-11(9-13(10-12)25-2)20-18(22)16(17(21)19(20)23)14-6-4-5-7-15(14)26-3/h4-10,21H,1-3H3. The molecule has 0 bridgehead atoms. The first kappa shape index (κ1) is 17.3. The van der Waals surface area contributed by atoms with Crippen LogP contribution in [0.4, 0.5) is 5.69 Å². The van der Waals surface area contributed by atoms with Gasteiger partial charge in [0.1, 0.15) is 17.2 Å². The number of methoxy groups -OCH3 is 3. The molecule has 1 N–H and O–H groups in total. The lowest BCUT2D eigenvalue weighted by atomic mass is 10.0. The van der Waals surface area contributed by atoms with Gasteiger partial charge in [0.2, 0.25) is 0 Å². The molecule has 0 spiro atoms. The maximum Gasteiger partial charge on any atom is 0.301 e. The van der Waals surface area contributed by atoms with Crippen molar-refractivity contribution in [2.75, 3.05) is 26.2 Å². The van der Waals surface area contributed by atoms with E-state index in [1.165, 1.54) is 33.5 Å². The van der Waals surface area contributed by atoms with Crippen LogP contribution in [0.15, 0.2) is 48.2 Å². The van der Waals surface area contributed by atoms with E-state index < -0.39 is 17.6 Å². The highest BCUT2D eigenvalue weighted by atomic mass is 16.5. The number of imide groups is 1. The Balaban J connectivity index is 2.10. The van der Waals surface area contributed by atoms with Crippen LogP contribution in [0.5, 0.6) is 17.2 Å². The Morgan fingerprint density at radius 3 is 2.04 bits per heavy atom. The normalized spacial score (nSPS) is 14.0. The van der Waals surface area contributed by atoms with Crippen molar-refractivity contribution in [3.63, 3.8) is 0 Å². The zero-order valence-corrected chi connectivity index (χ0v) is 14.5. The van der Waals surface area contributed by atoms with Gasteiger partial charge in [-0.25, -0.2) is 4.90 Å². The number of hydrogen-bond donors (Lipinski definition) is 1. The fourth-order valence-electron chi connectivity index (χ4n) is 2.77. The van der Waals surface area contributed by atoms with Gasteiger partial charge in [0.15, 0.2) is 5.76 Å². The molecular formula is C19H17NO6. The Morgan fingerprint density at radius 2 is 1.46 bits per heavy atom. The molecule has 0 saturated carbocycles. The van der Waals surface area contributed by atoms with Gasteiger partial charge >= 0.3 is 5.91 Å². The summed E-state index contributed by atoms with van der Waals surface area (Å²) < 4.78 is 15.6. The number of nitrogens with zero attached hydrogens (tertiary/aromatic N) is 1. The smallest absolute Gasteiger partial charge is 0.301 e. The monoisotopic (exact) mass is 355 g/mol. The van der Waals surface area contributed by atoms with Crippen LogP contribution in [0, 0.1) is 0 Å². The zero-order valence-electron chi connectivity index (χ0n) is 14.5. The minimum absolute atomic E-state index is 0.116. The number of ether oxygens (including phenoxy) is 3. The molecular weight excluding hydrogens is 338 g/mol. The molecule has 1 aliphatic rings. The Kier molecular flexibility index (Phi) is 4.53. The molecule has 0 aromatic heterocycles. The maximum atomic E-state index is 12.9. The first-order valence-electron chi connectivity index (χ1n) is 7.70. The van der Waals surface area contributed by atoms with Gasteiger partial charge in [-0.3, -0.25) is 9.59 Å². The van der Waals surface area contributed by atoms with Crippen LogP contribution >= 0.6 is 0 Å². The summed E-state index contributed by atoms with van der Waals surface area (Å²) in [5, 5.41) is 10.3. The summed E-state index contributed by atoms with van der Waals surface area (Å²) in [5.74, 6) is -0.935. The summed E-state index contributed by atoms with van der Waals surface area (Å²) in [6.07, 6.45) is 0. The molecule has 1 aliphatic heterocycles. The molecule has 2 amide bonds. The summed E-state index contributed by atoms with van der Waals surface area (Å²) in [6.45, 7) is 0. The molecule has 0 radical (unpaired) electrons. The van der Waals surface area contributed by atoms with Crippen LogP contribution in [-0.2, 0) is 9.59 Å². The lowest BCUT2D eigenvalue weighted by molar-refractivity contribution is -0.121. The van der Waals surface area contributed by atoms with Gasteiger partial charge in [0.25, 0.3) is 5.91 Å². The van der Waals surface area contributed by atoms with Crippen LogP contribution in [0.1, 0.15) is 5.56 Å². The number of rotatable bonds is 5. The van der Waals surface area contributed by atoms with E-state index in [1.54, 1.807) is 30.3 Å². The minimum atomic E-state index is -0.828. The predicted molar refractivity (Wildman–Crippen MR) is 94.6 cm³/mol. The maximum absolute atomic E-state index is 12.9. The third-order valence-electron chi connectivity index (χ3n) is 4.03. The van der Waals surface area contributed by atoms with Crippen molar-refractivity contribution >= 4 is 23.1 Å². The summed E-state index contributed by atoms with van der Waals surface area (Å²) >= 11 is 0. The number of carbonyl (C=O) groups is 2. The number of aliphatic hydroxyl groups excluding tert-OH is 1. The van der Waals surface area contributed by atoms with Crippen LogP contribution in [0.25, 0.3) is 5.57 Å². The molecule has 1 heterocycles. The Hall–Kier alpha value is -3.48. The van der Waals surface area contributed by atoms with Gasteiger partial charge in [0, 0.05) is 23.8 Å². The number of para-hydroxylation sites is 1. The van der Waals surface area contributed by atoms with Crippen molar-refractivity contribution in [3.8, 4) is 17.2 Å². The number of anilines is 1. The van der Waals surface area contributed by atoms with E-state index in [-0.39, 0.29) is 11.3 Å². The minimum Gasteiger partial charge on any atom is -0.502 e. The lowest BCUT2D eigenvalue weighted by Gasteiger charge is -2.17. The highest BCUT2D eigenvalue weighted by molar-refractivity contribution is 6.45. The van der Waals surface area contributed by atoms with Gasteiger partial charge in [-0.1, -0.05) is 18.2 Å². The quantitative estimate of drug-likeness (QED) is 0.830. The molecule has 0 atom stereocenters. The molecule has 7 nitrogen and oxygen atoms in total. The second kappa shape index (κ2) is 6.79. The van der Waals surface area contributed by atoms with Crippen LogP contribution in [-0.4, -0.2) is 38.3 Å². The first-order chi connectivity index (χ1) is 12.5. The van der Waals surface area contributed by atoms with E-state index in [1.807, 2.05) is 0 Å². The zero-order chi connectivity index (χ0) is 18.8. The molecule has 26 heavy (non-hydrogen) atoms. The molecule has 0 saturated heterocycles. The van der Waals surface area contributed by atoms with E-state index in [9.17, 15) is 14.7 Å². The predicted octanol–water partition coefficient (Wildman–Crippen LogP) is 2.55. The Morgan fingerprint density at radius 1 is 0.846 bits per heavy atom. The van der Waals surface area contributed by atoms with Crippen molar-refractivity contribution in [1.82, 2.24) is 0 Å². The Bertz CT molecular complexity index is 896. The van der Waals surface area contributed by atoms with Crippen molar-refractivity contribution in [1.29, 1.82) is 0 Å². The molecule has 0 fully saturated rings. The number of carbonyl (C=O) groups excluding carboxylic acids is 2. The van der Waals surface area contributed by atoms with Crippen LogP contribution in [0.2, 0.25) is 0 Å². The van der Waals surface area contributed by atoms with Crippen molar-refractivity contribution in [2.24, 2.45) is 0 Å². The molecule has 0 unspecified atom stereocenters. The van der Waals surface area contributed by atoms with Crippen molar-refractivity contribution in [3.05, 3.63) is 53.8 Å². The van der Waals surface area contributed by atoms with E-state index in [0.717, 1.165) is 4.90 Å². The summed E-state index contributed by atoms with van der Waals surface area (Å²) in [6, 6.07) is 11.3. The van der Waals surface area contributed by atoms with E-state index >= 15 is 0 Å². The van der Waals surface area contributed by atoms with Crippen molar-refractivity contribution in [2.45, 2.75) is 0 Å². The third kappa shape index (κ3) is 2.73. The summed E-state index contributed by atoms with van der Waals surface area (Å²) in [7, 11) is 4.37. The lowest BCUT2D eigenvalue weighted by Crippen LogP contribution is -2.31. The van der Waals surface area contributed by atoms with E-state index in [4.69, 9.17) is 14.2 Å². The number of aliphatic hydroxyl groups is 1. The molecule has 3 rings (SSSR count). The third-order valence-corrected chi connectivity index (χ3v) is 4.03. The van der Waals surface area contributed by atoms with Gasteiger partial charge in [0.05, 0.1) is 32.6 Å². The first-order valence-corrected chi connectivity index (χ1v) is 7.70. The van der Waals surface area contributed by atoms with Crippen LogP contribution < -0.4 is 19.1 Å². The molecule has 134 valence electrons. The topological polar surface area (TPSA) is 85.3 Å². The van der Waals surface area contributed by atoms with Gasteiger partial charge in [-0.05, 0) is 6.07 Å². The second-order valence-corrected chi connectivity index (χ2v) is 5.44. The average Bonchev–Trinajstić information content (AvgIpc) is 2.89. The molecule has 2 aromatic rings. The number of hydrogen-bond acceptors (Lipinski definition) is 6. The van der Waals surface area contributed by atoms with Crippen molar-refractivity contribution < 1.29 is 28.9 Å². The summed E-state index contributed by atoms with van der Waals surface area (Å²) in [4.78, 5) is 26.4. The summed E-state index contributed by atoms with van der Waals surface area (Å²) in [5.41, 5.74) is 0.449. The average molecular weight is 355 g/mol. The number of amides is 2. The Labute approximate surface area is 150 Å². The van der Waals surface area contributed by atoms with Gasteiger partial charge < -0.3 is 19.3 Å². The van der Waals surface area contributed by atoms with E-state index in [2.05, 4.69) is 0 Å².